The lowest BCUT2D eigenvalue weighted by atomic mass is 10.1. The largest absolute Gasteiger partial charge is 0.372 e. The Kier molecular flexibility index (Phi) is 7.99. The molecule has 1 aliphatic heterocycles. The first-order chi connectivity index (χ1) is 15.0. The van der Waals surface area contributed by atoms with Gasteiger partial charge in [0.15, 0.2) is 6.23 Å². The number of hydrogen-bond donors (Lipinski definition) is 0. The van der Waals surface area contributed by atoms with Crippen molar-refractivity contribution >= 4 is 44.4 Å². The molecule has 0 saturated carbocycles. The minimum Gasteiger partial charge on any atom is -0.372 e. The Morgan fingerprint density at radius 3 is 2.34 bits per heavy atom. The van der Waals surface area contributed by atoms with Crippen LogP contribution in [0.5, 0.6) is 0 Å². The van der Waals surface area contributed by atoms with E-state index in [2.05, 4.69) is 43.9 Å². The Bertz CT molecular complexity index is 1060. The maximum Gasteiger partial charge on any atom is 0.206 e. The third-order valence-electron chi connectivity index (χ3n) is 5.57. The van der Waals surface area contributed by atoms with Crippen molar-refractivity contribution in [2.45, 2.75) is 39.4 Å². The van der Waals surface area contributed by atoms with Gasteiger partial charge in [0.2, 0.25) is 6.29 Å². The normalized spacial score (nSPS) is 19.0. The van der Waals surface area contributed by atoms with E-state index in [-0.39, 0.29) is 12.0 Å². The maximum absolute atomic E-state index is 12.0. The molecular formula is C23H30Cl2N2O4S. The molecule has 1 fully saturated rings. The minimum atomic E-state index is -3.30. The molecule has 0 aromatic heterocycles. The second-order valence-electron chi connectivity index (χ2n) is 8.04. The summed E-state index contributed by atoms with van der Waals surface area (Å²) in [6, 6.07) is 11.3. The summed E-state index contributed by atoms with van der Waals surface area (Å²) in [5.74, 6) is -0.182. The molecule has 0 amide bonds. The predicted octanol–water partition coefficient (Wildman–Crippen LogP) is 5.07. The molecular weight excluding hydrogens is 471 g/mol. The smallest absolute Gasteiger partial charge is 0.206 e. The van der Waals surface area contributed by atoms with E-state index in [1.165, 1.54) is 11.9 Å². The van der Waals surface area contributed by atoms with Crippen molar-refractivity contribution in [3.8, 4) is 0 Å². The van der Waals surface area contributed by atoms with E-state index in [0.717, 1.165) is 24.3 Å². The highest BCUT2D eigenvalue weighted by Crippen LogP contribution is 2.37. The number of ether oxygens (including phenoxy) is 2. The molecule has 1 heterocycles. The lowest BCUT2D eigenvalue weighted by Gasteiger charge is -2.25. The van der Waals surface area contributed by atoms with Crippen LogP contribution in [0, 0.1) is 6.92 Å². The maximum atomic E-state index is 12.0. The summed E-state index contributed by atoms with van der Waals surface area (Å²) in [6.45, 7) is 8.24. The summed E-state index contributed by atoms with van der Waals surface area (Å²) in [7, 11) is -1.36. The Morgan fingerprint density at radius 1 is 1.09 bits per heavy atom. The van der Waals surface area contributed by atoms with Crippen LogP contribution >= 0.6 is 23.2 Å². The van der Waals surface area contributed by atoms with E-state index in [1.54, 1.807) is 18.2 Å². The highest BCUT2D eigenvalue weighted by molar-refractivity contribution is 7.90. The molecule has 0 radical (unpaired) electrons. The van der Waals surface area contributed by atoms with Gasteiger partial charge < -0.3 is 19.3 Å². The fraction of sp³-hybridized carbons (Fsp3) is 0.478. The van der Waals surface area contributed by atoms with Crippen molar-refractivity contribution in [3.05, 3.63) is 57.6 Å². The number of hydrogen-bond acceptors (Lipinski definition) is 6. The second kappa shape index (κ2) is 10.2. The first-order valence-electron chi connectivity index (χ1n) is 10.6. The van der Waals surface area contributed by atoms with Crippen molar-refractivity contribution < 1.29 is 17.9 Å². The first-order valence-corrected chi connectivity index (χ1v) is 13.4. The van der Waals surface area contributed by atoms with Crippen molar-refractivity contribution in [2.75, 3.05) is 41.9 Å². The lowest BCUT2D eigenvalue weighted by Crippen LogP contribution is -2.27. The van der Waals surface area contributed by atoms with E-state index >= 15 is 0 Å². The fourth-order valence-electron chi connectivity index (χ4n) is 3.79. The third kappa shape index (κ3) is 6.08. The zero-order valence-corrected chi connectivity index (χ0v) is 21.3. The van der Waals surface area contributed by atoms with Gasteiger partial charge in [-0.3, -0.25) is 0 Å². The summed E-state index contributed by atoms with van der Waals surface area (Å²) < 4.78 is 35.8. The zero-order chi connectivity index (χ0) is 23.6. The average molecular weight is 501 g/mol. The number of anilines is 2. The molecule has 1 aliphatic rings. The number of nitrogens with zero attached hydrogens (tertiary/aromatic N) is 2. The van der Waals surface area contributed by atoms with Crippen LogP contribution in [-0.4, -0.2) is 53.1 Å². The Morgan fingerprint density at radius 2 is 1.78 bits per heavy atom. The number of epoxide rings is 1. The molecule has 32 heavy (non-hydrogen) atoms. The number of rotatable bonds is 10. The highest BCUT2D eigenvalue weighted by Gasteiger charge is 2.46. The molecule has 0 aliphatic carbocycles. The van der Waals surface area contributed by atoms with E-state index < -0.39 is 22.2 Å². The molecule has 3 rings (SSSR count). The van der Waals surface area contributed by atoms with Crippen LogP contribution in [0.25, 0.3) is 0 Å². The van der Waals surface area contributed by atoms with Gasteiger partial charge >= 0.3 is 0 Å². The Labute approximate surface area is 200 Å². The zero-order valence-electron chi connectivity index (χ0n) is 19.0. The van der Waals surface area contributed by atoms with Crippen LogP contribution in [0.15, 0.2) is 36.4 Å². The van der Waals surface area contributed by atoms with E-state index in [0.29, 0.717) is 15.6 Å². The van der Waals surface area contributed by atoms with Gasteiger partial charge in [-0.25, -0.2) is 8.42 Å². The van der Waals surface area contributed by atoms with Crippen LogP contribution in [0.4, 0.5) is 11.4 Å². The molecule has 0 bridgehead atoms. The molecule has 0 N–H and O–H groups in total. The van der Waals surface area contributed by atoms with Crippen LogP contribution < -0.4 is 9.80 Å². The van der Waals surface area contributed by atoms with Gasteiger partial charge in [0, 0.05) is 37.8 Å². The van der Waals surface area contributed by atoms with E-state index in [9.17, 15) is 8.42 Å². The molecule has 0 spiro atoms. The van der Waals surface area contributed by atoms with Crippen molar-refractivity contribution in [1.29, 1.82) is 0 Å². The number of likely N-dealkylation sites (N-methyl/N-ethyl adjacent to an activating group) is 1. The summed E-state index contributed by atoms with van der Waals surface area (Å²) in [6.07, 6.45) is -0.394. The van der Waals surface area contributed by atoms with Crippen molar-refractivity contribution in [1.82, 2.24) is 0 Å². The molecule has 9 heteroatoms. The SMILES string of the molecule is CCN(CC)c1ccc(N(C)C2OC2OC(CS(C)(=O)=O)c2ccc(Cl)c(Cl)c2)c(C)c1. The quantitative estimate of drug-likeness (QED) is 0.424. The third-order valence-corrected chi connectivity index (χ3v) is 7.22. The Balaban J connectivity index is 1.74. The first kappa shape index (κ1) is 25.1. The van der Waals surface area contributed by atoms with Crippen LogP contribution in [0.2, 0.25) is 10.0 Å². The molecule has 2 aromatic rings. The summed E-state index contributed by atoms with van der Waals surface area (Å²) in [5.41, 5.74) is 3.98. The summed E-state index contributed by atoms with van der Waals surface area (Å²) >= 11 is 12.1. The average Bonchev–Trinajstić information content (AvgIpc) is 3.48. The van der Waals surface area contributed by atoms with Gasteiger partial charge in [-0.2, -0.15) is 0 Å². The highest BCUT2D eigenvalue weighted by atomic mass is 35.5. The molecule has 2 aromatic carbocycles. The minimum absolute atomic E-state index is 0.182. The molecule has 6 nitrogen and oxygen atoms in total. The Hall–Kier alpha value is -1.51. The number of aryl methyl sites for hydroxylation is 1. The standard InChI is InChI=1S/C23H30Cl2N2O4S/c1-6-27(7-2)17-9-11-20(15(3)12-17)26(4)22-23(31-22)30-21(14-32(5,28)29)16-8-10-18(24)19(25)13-16/h8-13,21-23H,6-7,14H2,1-5H3. The molecule has 176 valence electrons. The van der Waals surface area contributed by atoms with Gasteiger partial charge in [0.05, 0.1) is 21.9 Å². The van der Waals surface area contributed by atoms with E-state index in [1.807, 2.05) is 11.9 Å². The summed E-state index contributed by atoms with van der Waals surface area (Å²) in [4.78, 5) is 4.31. The van der Waals surface area contributed by atoms with Gasteiger partial charge in [0.25, 0.3) is 0 Å². The van der Waals surface area contributed by atoms with Crippen molar-refractivity contribution in [3.63, 3.8) is 0 Å². The topological polar surface area (TPSA) is 62.4 Å². The van der Waals surface area contributed by atoms with Gasteiger partial charge in [-0.1, -0.05) is 29.3 Å². The molecule has 3 atom stereocenters. The van der Waals surface area contributed by atoms with Gasteiger partial charge in [-0.05, 0) is 62.2 Å². The predicted molar refractivity (Wildman–Crippen MR) is 132 cm³/mol. The van der Waals surface area contributed by atoms with E-state index in [4.69, 9.17) is 32.7 Å². The number of sulfone groups is 1. The molecule has 3 unspecified atom stereocenters. The summed E-state index contributed by atoms with van der Waals surface area (Å²) in [5, 5.41) is 0.748. The van der Waals surface area contributed by atoms with Crippen molar-refractivity contribution in [2.24, 2.45) is 0 Å². The second-order valence-corrected chi connectivity index (χ2v) is 11.0. The molecule has 1 saturated heterocycles. The van der Waals surface area contributed by atoms with Crippen LogP contribution in [0.3, 0.4) is 0 Å². The number of halogens is 2. The number of benzene rings is 2. The van der Waals surface area contributed by atoms with Gasteiger partial charge in [-0.15, -0.1) is 0 Å². The van der Waals surface area contributed by atoms with Crippen LogP contribution in [0.1, 0.15) is 31.1 Å². The van der Waals surface area contributed by atoms with Gasteiger partial charge in [0.1, 0.15) is 9.84 Å². The van der Waals surface area contributed by atoms with Crippen LogP contribution in [-0.2, 0) is 19.3 Å². The lowest BCUT2D eigenvalue weighted by molar-refractivity contribution is -0.00109. The monoisotopic (exact) mass is 500 g/mol. The fourth-order valence-corrected chi connectivity index (χ4v) is 4.91.